The molecule has 1 N–H and O–H groups in total. The first-order chi connectivity index (χ1) is 9.88. The molecule has 0 aromatic heterocycles. The van der Waals surface area contributed by atoms with Crippen molar-refractivity contribution in [3.05, 3.63) is 0 Å². The van der Waals surface area contributed by atoms with Crippen molar-refractivity contribution in [3.63, 3.8) is 0 Å². The van der Waals surface area contributed by atoms with E-state index >= 15 is 0 Å². The molecule has 5 nitrogen and oxygen atoms in total. The molecule has 0 amide bonds. The molecule has 0 aromatic rings. The van der Waals surface area contributed by atoms with E-state index in [9.17, 15) is 8.42 Å². The minimum atomic E-state index is -2.83. The summed E-state index contributed by atoms with van der Waals surface area (Å²) >= 11 is 0. The van der Waals surface area contributed by atoms with E-state index in [0.29, 0.717) is 17.8 Å². The molecule has 0 spiro atoms. The minimum absolute atomic E-state index is 0.259. The van der Waals surface area contributed by atoms with Crippen molar-refractivity contribution in [2.75, 3.05) is 51.8 Å². The van der Waals surface area contributed by atoms with Gasteiger partial charge in [0.25, 0.3) is 0 Å². The maximum Gasteiger partial charge on any atom is 0.150 e. The van der Waals surface area contributed by atoms with Crippen LogP contribution in [-0.4, -0.2) is 82.1 Å². The molecule has 0 radical (unpaired) electrons. The van der Waals surface area contributed by atoms with E-state index in [1.54, 1.807) is 6.92 Å². The highest BCUT2D eigenvalue weighted by Crippen LogP contribution is 2.15. The number of hydrogen-bond acceptors (Lipinski definition) is 5. The molecule has 126 valence electrons. The first-order valence-electron chi connectivity index (χ1n) is 8.20. The predicted octanol–water partition coefficient (Wildman–Crippen LogP) is 0.815. The Morgan fingerprint density at radius 2 is 1.95 bits per heavy atom. The number of hydrogen-bond donors (Lipinski definition) is 1. The summed E-state index contributed by atoms with van der Waals surface area (Å²) in [4.78, 5) is 4.82. The Balaban J connectivity index is 2.45. The van der Waals surface area contributed by atoms with Crippen LogP contribution in [0.3, 0.4) is 0 Å². The van der Waals surface area contributed by atoms with Crippen LogP contribution in [0.1, 0.15) is 33.1 Å². The summed E-state index contributed by atoms with van der Waals surface area (Å²) < 4.78 is 23.2. The van der Waals surface area contributed by atoms with Gasteiger partial charge in [0.1, 0.15) is 9.84 Å². The summed E-state index contributed by atoms with van der Waals surface area (Å²) in [6.07, 6.45) is 2.81. The van der Waals surface area contributed by atoms with Crippen molar-refractivity contribution in [1.82, 2.24) is 15.1 Å². The van der Waals surface area contributed by atoms with E-state index in [1.807, 2.05) is 0 Å². The minimum Gasteiger partial charge on any atom is -0.314 e. The Hall–Kier alpha value is -0.170. The van der Waals surface area contributed by atoms with E-state index < -0.39 is 9.84 Å². The topological polar surface area (TPSA) is 52.7 Å². The fourth-order valence-corrected chi connectivity index (χ4v) is 3.87. The lowest BCUT2D eigenvalue weighted by atomic mass is 10.00. The van der Waals surface area contributed by atoms with Gasteiger partial charge in [-0.25, -0.2) is 8.42 Å². The molecule has 21 heavy (non-hydrogen) atoms. The zero-order chi connectivity index (χ0) is 15.9. The first-order valence-corrected chi connectivity index (χ1v) is 10.0. The van der Waals surface area contributed by atoms with Crippen molar-refractivity contribution in [3.8, 4) is 0 Å². The molecule has 0 aromatic carbocycles. The summed E-state index contributed by atoms with van der Waals surface area (Å²) in [6.45, 7) is 8.14. The summed E-state index contributed by atoms with van der Waals surface area (Å²) in [5, 5.41) is 3.53. The Morgan fingerprint density at radius 1 is 1.24 bits per heavy atom. The summed E-state index contributed by atoms with van der Waals surface area (Å²) in [6, 6.07) is 0.983. The quantitative estimate of drug-likeness (QED) is 0.682. The average molecular weight is 320 g/mol. The molecular weight excluding hydrogens is 286 g/mol. The van der Waals surface area contributed by atoms with Gasteiger partial charge in [-0.1, -0.05) is 13.8 Å². The third-order valence-electron chi connectivity index (χ3n) is 4.48. The van der Waals surface area contributed by atoms with Crippen LogP contribution in [-0.2, 0) is 9.84 Å². The highest BCUT2D eigenvalue weighted by Gasteiger charge is 2.25. The van der Waals surface area contributed by atoms with Crippen LogP contribution in [0.25, 0.3) is 0 Å². The lowest BCUT2D eigenvalue weighted by Crippen LogP contribution is -2.52. The molecule has 2 atom stereocenters. The van der Waals surface area contributed by atoms with Crippen LogP contribution in [0, 0.1) is 0 Å². The van der Waals surface area contributed by atoms with Crippen LogP contribution in [0.5, 0.6) is 0 Å². The van der Waals surface area contributed by atoms with Crippen molar-refractivity contribution >= 4 is 9.84 Å². The van der Waals surface area contributed by atoms with E-state index in [1.165, 1.54) is 0 Å². The molecule has 1 aliphatic rings. The van der Waals surface area contributed by atoms with Crippen LogP contribution in [0.2, 0.25) is 0 Å². The van der Waals surface area contributed by atoms with Gasteiger partial charge in [0.05, 0.1) is 5.75 Å². The lowest BCUT2D eigenvalue weighted by Gasteiger charge is -2.39. The maximum absolute atomic E-state index is 11.6. The standard InChI is InChI=1S/C15H33N3O2S/c1-5-16-14(8-7-11-21(19,20)6-2)12-15-13-17(3)9-10-18(15)4/h14-16H,5-13H2,1-4H3. The highest BCUT2D eigenvalue weighted by molar-refractivity contribution is 7.91. The smallest absolute Gasteiger partial charge is 0.150 e. The van der Waals surface area contributed by atoms with E-state index in [0.717, 1.165) is 45.4 Å². The van der Waals surface area contributed by atoms with Gasteiger partial charge in [0.15, 0.2) is 0 Å². The Labute approximate surface area is 131 Å². The molecule has 1 rings (SSSR count). The Bertz CT molecular complexity index is 386. The summed E-state index contributed by atoms with van der Waals surface area (Å²) in [5.41, 5.74) is 0. The van der Waals surface area contributed by atoms with E-state index in [4.69, 9.17) is 0 Å². The van der Waals surface area contributed by atoms with Crippen molar-refractivity contribution in [2.45, 2.75) is 45.2 Å². The SMILES string of the molecule is CCNC(CCCS(=O)(=O)CC)CC1CN(C)CCN1C. The van der Waals surface area contributed by atoms with E-state index in [-0.39, 0.29) is 5.75 Å². The van der Waals surface area contributed by atoms with Gasteiger partial charge >= 0.3 is 0 Å². The van der Waals surface area contributed by atoms with Gasteiger partial charge in [-0.2, -0.15) is 0 Å². The number of rotatable bonds is 9. The fourth-order valence-electron chi connectivity index (χ4n) is 2.97. The largest absolute Gasteiger partial charge is 0.314 e. The fraction of sp³-hybridized carbons (Fsp3) is 1.00. The molecule has 1 saturated heterocycles. The van der Waals surface area contributed by atoms with Gasteiger partial charge < -0.3 is 15.1 Å². The summed E-state index contributed by atoms with van der Waals surface area (Å²) in [7, 11) is 1.54. The zero-order valence-electron chi connectivity index (χ0n) is 14.1. The molecule has 1 fully saturated rings. The normalized spacial score (nSPS) is 23.3. The molecule has 0 aliphatic carbocycles. The second-order valence-corrected chi connectivity index (χ2v) is 8.74. The Kier molecular flexibility index (Phi) is 8.16. The number of likely N-dealkylation sites (N-methyl/N-ethyl adjacent to an activating group) is 2. The van der Waals surface area contributed by atoms with Crippen LogP contribution in [0.15, 0.2) is 0 Å². The highest BCUT2D eigenvalue weighted by atomic mass is 32.2. The second kappa shape index (κ2) is 9.08. The van der Waals surface area contributed by atoms with Gasteiger partial charge in [-0.05, 0) is 39.9 Å². The zero-order valence-corrected chi connectivity index (χ0v) is 15.0. The van der Waals surface area contributed by atoms with E-state index in [2.05, 4.69) is 36.1 Å². The van der Waals surface area contributed by atoms with Gasteiger partial charge in [0, 0.05) is 37.5 Å². The molecule has 1 aliphatic heterocycles. The first kappa shape index (κ1) is 18.9. The number of nitrogens with zero attached hydrogens (tertiary/aromatic N) is 2. The number of piperazine rings is 1. The number of nitrogens with one attached hydrogen (secondary N) is 1. The molecule has 0 saturated carbocycles. The predicted molar refractivity (Wildman–Crippen MR) is 89.6 cm³/mol. The van der Waals surface area contributed by atoms with Gasteiger partial charge in [-0.15, -0.1) is 0 Å². The maximum atomic E-state index is 11.6. The van der Waals surface area contributed by atoms with Crippen LogP contribution >= 0.6 is 0 Å². The molecule has 1 heterocycles. The molecule has 0 bridgehead atoms. The third kappa shape index (κ3) is 7.08. The van der Waals surface area contributed by atoms with Gasteiger partial charge in [-0.3, -0.25) is 0 Å². The lowest BCUT2D eigenvalue weighted by molar-refractivity contribution is 0.100. The summed E-state index contributed by atoms with van der Waals surface area (Å²) in [5.74, 6) is 0.584. The van der Waals surface area contributed by atoms with Crippen molar-refractivity contribution in [2.24, 2.45) is 0 Å². The molecule has 2 unspecified atom stereocenters. The van der Waals surface area contributed by atoms with Crippen molar-refractivity contribution in [1.29, 1.82) is 0 Å². The average Bonchev–Trinajstić information content (AvgIpc) is 2.43. The van der Waals surface area contributed by atoms with Crippen LogP contribution in [0.4, 0.5) is 0 Å². The second-order valence-electron chi connectivity index (χ2n) is 6.27. The number of sulfone groups is 1. The Morgan fingerprint density at radius 3 is 2.57 bits per heavy atom. The molecular formula is C15H33N3O2S. The van der Waals surface area contributed by atoms with Crippen molar-refractivity contribution < 1.29 is 8.42 Å². The molecule has 6 heteroatoms. The van der Waals surface area contributed by atoms with Gasteiger partial charge in [0.2, 0.25) is 0 Å². The monoisotopic (exact) mass is 319 g/mol. The van der Waals surface area contributed by atoms with Crippen LogP contribution < -0.4 is 5.32 Å². The third-order valence-corrected chi connectivity index (χ3v) is 6.27.